The Bertz CT molecular complexity index is 1410. The summed E-state index contributed by atoms with van der Waals surface area (Å²) in [4.78, 5) is 16.8. The molecule has 0 unspecified atom stereocenters. The molecule has 0 aliphatic carbocycles. The van der Waals surface area contributed by atoms with Crippen molar-refractivity contribution in [3.05, 3.63) is 70.4 Å². The molecular formula is C24H20ClN5O2S. The predicted molar refractivity (Wildman–Crippen MR) is 134 cm³/mol. The molecule has 2 aliphatic heterocycles. The van der Waals surface area contributed by atoms with Gasteiger partial charge < -0.3 is 9.30 Å². The van der Waals surface area contributed by atoms with Crippen molar-refractivity contribution in [2.24, 2.45) is 10.1 Å². The third-order valence-electron chi connectivity index (χ3n) is 5.41. The highest BCUT2D eigenvalue weighted by molar-refractivity contribution is 8.26. The average Bonchev–Trinajstić information content (AvgIpc) is 3.34. The minimum atomic E-state index is -0.429. The molecule has 33 heavy (non-hydrogen) atoms. The molecule has 0 bridgehead atoms. The first-order valence-corrected chi connectivity index (χ1v) is 11.5. The van der Waals surface area contributed by atoms with Crippen molar-refractivity contribution in [2.75, 3.05) is 6.61 Å². The molecule has 0 saturated heterocycles. The molecule has 7 nitrogen and oxygen atoms in total. The summed E-state index contributed by atoms with van der Waals surface area (Å²) >= 11 is 7.39. The van der Waals surface area contributed by atoms with E-state index in [0.717, 1.165) is 32.8 Å². The fourth-order valence-corrected chi connectivity index (χ4v) is 4.64. The van der Waals surface area contributed by atoms with Gasteiger partial charge in [-0.15, -0.1) is 0 Å². The van der Waals surface area contributed by atoms with E-state index in [4.69, 9.17) is 21.7 Å². The van der Waals surface area contributed by atoms with Crippen molar-refractivity contribution in [3.8, 4) is 5.75 Å². The zero-order valence-electron chi connectivity index (χ0n) is 18.0. The van der Waals surface area contributed by atoms with Gasteiger partial charge in [-0.2, -0.15) is 15.1 Å². The van der Waals surface area contributed by atoms with Gasteiger partial charge in [0.25, 0.3) is 5.91 Å². The number of aromatic nitrogens is 1. The summed E-state index contributed by atoms with van der Waals surface area (Å²) in [7, 11) is 0. The number of carbonyl (C=O) groups excluding carboxylic acids is 1. The monoisotopic (exact) mass is 477 g/mol. The zero-order chi connectivity index (χ0) is 23.1. The lowest BCUT2D eigenvalue weighted by Crippen LogP contribution is -2.35. The van der Waals surface area contributed by atoms with E-state index in [1.54, 1.807) is 6.08 Å². The molecule has 0 atom stereocenters. The lowest BCUT2D eigenvalue weighted by Gasteiger charge is -2.20. The fraction of sp³-hybridized carbons (Fsp3) is 0.167. The van der Waals surface area contributed by atoms with Gasteiger partial charge in [-0.05, 0) is 61.5 Å². The van der Waals surface area contributed by atoms with Crippen LogP contribution in [0, 0.1) is 12.3 Å². The number of amides is 1. The van der Waals surface area contributed by atoms with Gasteiger partial charge in [-0.1, -0.05) is 29.8 Å². The SMILES string of the molecule is CC1=NN2C(=N)/C(=C/c3cn(CCOc4ccc(Cl)c(C)c4)c4ccccc34)C(=O)N=C2S1. The Labute approximate surface area is 199 Å². The van der Waals surface area contributed by atoms with Crippen molar-refractivity contribution in [1.29, 1.82) is 5.41 Å². The number of para-hydroxylation sites is 1. The van der Waals surface area contributed by atoms with Gasteiger partial charge in [0.2, 0.25) is 5.17 Å². The Kier molecular flexibility index (Phi) is 5.55. The van der Waals surface area contributed by atoms with Crippen LogP contribution in [0.4, 0.5) is 0 Å². The van der Waals surface area contributed by atoms with Gasteiger partial charge in [0.15, 0.2) is 5.84 Å². The van der Waals surface area contributed by atoms with Crippen LogP contribution in [0.5, 0.6) is 5.75 Å². The van der Waals surface area contributed by atoms with E-state index in [-0.39, 0.29) is 11.4 Å². The van der Waals surface area contributed by atoms with Crippen LogP contribution < -0.4 is 4.74 Å². The number of hydrogen-bond acceptors (Lipinski definition) is 5. The number of amidine groups is 2. The summed E-state index contributed by atoms with van der Waals surface area (Å²) in [6.45, 7) is 4.86. The summed E-state index contributed by atoms with van der Waals surface area (Å²) in [5.74, 6) is 0.375. The first-order valence-electron chi connectivity index (χ1n) is 10.3. The quantitative estimate of drug-likeness (QED) is 0.504. The maximum Gasteiger partial charge on any atom is 0.283 e. The van der Waals surface area contributed by atoms with Crippen LogP contribution in [0.2, 0.25) is 5.02 Å². The molecule has 0 radical (unpaired) electrons. The predicted octanol–water partition coefficient (Wildman–Crippen LogP) is 5.32. The number of rotatable bonds is 5. The highest BCUT2D eigenvalue weighted by Crippen LogP contribution is 2.30. The largest absolute Gasteiger partial charge is 0.492 e. The average molecular weight is 478 g/mol. The van der Waals surface area contributed by atoms with Crippen LogP contribution in [0.25, 0.3) is 17.0 Å². The maximum absolute atomic E-state index is 12.7. The van der Waals surface area contributed by atoms with E-state index in [2.05, 4.69) is 14.7 Å². The second kappa shape index (κ2) is 8.53. The molecule has 5 rings (SSSR count). The van der Waals surface area contributed by atoms with Crippen LogP contribution in [0.3, 0.4) is 0 Å². The maximum atomic E-state index is 12.7. The van der Waals surface area contributed by atoms with Crippen molar-refractivity contribution in [2.45, 2.75) is 20.4 Å². The van der Waals surface area contributed by atoms with Crippen LogP contribution >= 0.6 is 23.4 Å². The molecule has 3 aromatic rings. The zero-order valence-corrected chi connectivity index (χ0v) is 19.6. The number of carbonyl (C=O) groups is 1. The number of aryl methyl sites for hydroxylation is 1. The number of aliphatic imine (C=N–C) groups is 1. The summed E-state index contributed by atoms with van der Waals surface area (Å²) in [6.07, 6.45) is 3.70. The second-order valence-electron chi connectivity index (χ2n) is 7.69. The van der Waals surface area contributed by atoms with Gasteiger partial charge in [0.1, 0.15) is 12.4 Å². The minimum Gasteiger partial charge on any atom is -0.492 e. The van der Waals surface area contributed by atoms with E-state index in [1.165, 1.54) is 16.8 Å². The summed E-state index contributed by atoms with van der Waals surface area (Å²) in [5, 5.41) is 17.1. The Hall–Kier alpha value is -3.36. The molecule has 1 N–H and O–H groups in total. The molecule has 0 saturated carbocycles. The van der Waals surface area contributed by atoms with Gasteiger partial charge in [-0.25, -0.2) is 0 Å². The number of fused-ring (bicyclic) bond motifs is 2. The van der Waals surface area contributed by atoms with Crippen LogP contribution in [-0.2, 0) is 11.3 Å². The lowest BCUT2D eigenvalue weighted by atomic mass is 10.1. The Balaban J connectivity index is 1.42. The molecule has 0 fully saturated rings. The van der Waals surface area contributed by atoms with Gasteiger partial charge in [-0.3, -0.25) is 10.2 Å². The Morgan fingerprint density at radius 2 is 2.03 bits per heavy atom. The summed E-state index contributed by atoms with van der Waals surface area (Å²) in [5.41, 5.74) is 3.04. The third kappa shape index (κ3) is 4.07. The topological polar surface area (TPSA) is 83.0 Å². The van der Waals surface area contributed by atoms with Crippen molar-refractivity contribution >= 4 is 62.3 Å². The molecule has 3 heterocycles. The Morgan fingerprint density at radius 3 is 2.85 bits per heavy atom. The normalized spacial score (nSPS) is 16.9. The number of ether oxygens (including phenoxy) is 1. The number of halogens is 1. The van der Waals surface area contributed by atoms with E-state index >= 15 is 0 Å². The number of nitrogens with one attached hydrogen (secondary N) is 1. The standard InChI is InChI=1S/C24H20ClN5O2S/c1-14-11-17(7-8-20(14)25)32-10-9-29-13-16(18-5-3-4-6-21(18)29)12-19-22(26)30-24(27-23(19)31)33-15(2)28-30/h3-8,11-13,26H,9-10H2,1-2H3/b19-12-,26-22?. The van der Waals surface area contributed by atoms with E-state index in [1.807, 2.05) is 62.5 Å². The molecule has 2 aromatic carbocycles. The molecule has 1 aromatic heterocycles. The third-order valence-corrected chi connectivity index (χ3v) is 6.65. The first-order chi connectivity index (χ1) is 15.9. The molecule has 9 heteroatoms. The molecule has 2 aliphatic rings. The molecular weight excluding hydrogens is 458 g/mol. The van der Waals surface area contributed by atoms with Crippen LogP contribution in [0.15, 0.2) is 64.3 Å². The van der Waals surface area contributed by atoms with Crippen molar-refractivity contribution < 1.29 is 9.53 Å². The van der Waals surface area contributed by atoms with Gasteiger partial charge in [0, 0.05) is 27.7 Å². The van der Waals surface area contributed by atoms with E-state index in [9.17, 15) is 4.79 Å². The number of thioether (sulfide) groups is 1. The second-order valence-corrected chi connectivity index (χ2v) is 9.26. The highest BCUT2D eigenvalue weighted by atomic mass is 35.5. The number of benzene rings is 2. The smallest absolute Gasteiger partial charge is 0.283 e. The molecule has 166 valence electrons. The number of hydrogen-bond donors (Lipinski definition) is 1. The Morgan fingerprint density at radius 1 is 1.21 bits per heavy atom. The highest BCUT2D eigenvalue weighted by Gasteiger charge is 2.34. The van der Waals surface area contributed by atoms with E-state index < -0.39 is 5.91 Å². The summed E-state index contributed by atoms with van der Waals surface area (Å²) < 4.78 is 8.01. The number of nitrogens with zero attached hydrogens (tertiary/aromatic N) is 4. The first kappa shape index (κ1) is 21.5. The van der Waals surface area contributed by atoms with Gasteiger partial charge in [0.05, 0.1) is 17.2 Å². The van der Waals surface area contributed by atoms with Crippen LogP contribution in [-0.4, -0.2) is 38.1 Å². The van der Waals surface area contributed by atoms with E-state index in [0.29, 0.717) is 23.3 Å². The molecule has 0 spiro atoms. The summed E-state index contributed by atoms with van der Waals surface area (Å²) in [6, 6.07) is 13.6. The fourth-order valence-electron chi connectivity index (χ4n) is 3.79. The lowest BCUT2D eigenvalue weighted by molar-refractivity contribution is -0.114. The minimum absolute atomic E-state index is 0.0348. The van der Waals surface area contributed by atoms with Crippen molar-refractivity contribution in [1.82, 2.24) is 9.58 Å². The van der Waals surface area contributed by atoms with Gasteiger partial charge >= 0.3 is 0 Å². The van der Waals surface area contributed by atoms with Crippen molar-refractivity contribution in [3.63, 3.8) is 0 Å². The van der Waals surface area contributed by atoms with Crippen LogP contribution in [0.1, 0.15) is 18.1 Å². The number of hydrazone groups is 1. The molecule has 1 amide bonds.